The van der Waals surface area contributed by atoms with Gasteiger partial charge in [-0.25, -0.2) is 4.98 Å². The fourth-order valence-corrected chi connectivity index (χ4v) is 0.950. The van der Waals surface area contributed by atoms with Gasteiger partial charge in [0.25, 0.3) is 0 Å². The second-order valence-corrected chi connectivity index (χ2v) is 2.57. The molecule has 5 heteroatoms. The minimum Gasteiger partial charge on any atom is -0.481 e. The molecule has 0 aromatic carbocycles. The van der Waals surface area contributed by atoms with Crippen LogP contribution in [0, 0.1) is 11.3 Å². The van der Waals surface area contributed by atoms with Crippen molar-refractivity contribution in [2.75, 3.05) is 0 Å². The number of imidazole rings is 1. The number of aromatic amines is 1. The predicted octanol–water partition coefficient (Wildman–Crippen LogP) is 0.493. The topological polar surface area (TPSA) is 89.8 Å². The lowest BCUT2D eigenvalue weighted by atomic mass is 10.3. The molecule has 0 unspecified atom stereocenters. The highest BCUT2D eigenvalue weighted by Crippen LogP contribution is 2.00. The van der Waals surface area contributed by atoms with E-state index in [4.69, 9.17) is 10.4 Å². The van der Waals surface area contributed by atoms with E-state index in [0.29, 0.717) is 18.7 Å². The van der Waals surface area contributed by atoms with Crippen LogP contribution in [-0.4, -0.2) is 21.0 Å². The summed E-state index contributed by atoms with van der Waals surface area (Å²) in [6.45, 7) is 0. The first-order chi connectivity index (χ1) is 6.22. The van der Waals surface area contributed by atoms with Crippen molar-refractivity contribution in [1.82, 2.24) is 9.97 Å². The molecular formula is C8H9N3O2. The molecule has 0 aliphatic carbocycles. The average molecular weight is 179 g/mol. The van der Waals surface area contributed by atoms with Crippen LogP contribution in [0.3, 0.4) is 0 Å². The smallest absolute Gasteiger partial charge is 0.311 e. The number of carbonyl (C=O) groups is 1. The quantitative estimate of drug-likeness (QED) is 0.703. The maximum atomic E-state index is 10.3. The van der Waals surface area contributed by atoms with Crippen molar-refractivity contribution in [2.24, 2.45) is 0 Å². The highest BCUT2D eigenvalue weighted by atomic mass is 16.4. The summed E-state index contributed by atoms with van der Waals surface area (Å²) in [5.41, 5.74) is 0.734. The molecule has 0 aliphatic rings. The van der Waals surface area contributed by atoms with Crippen molar-refractivity contribution in [3.8, 4) is 6.07 Å². The van der Waals surface area contributed by atoms with Crippen molar-refractivity contribution in [3.05, 3.63) is 17.7 Å². The number of nitriles is 1. The Balaban J connectivity index is 2.54. The number of aliphatic carboxylic acids is 1. The number of hydrogen-bond donors (Lipinski definition) is 2. The Kier molecular flexibility index (Phi) is 3.03. The highest BCUT2D eigenvalue weighted by Gasteiger charge is 2.04. The third-order valence-corrected chi connectivity index (χ3v) is 1.50. The first-order valence-corrected chi connectivity index (χ1v) is 3.84. The molecule has 0 amide bonds. The normalized spacial score (nSPS) is 9.46. The summed E-state index contributed by atoms with van der Waals surface area (Å²) in [6, 6.07) is 2.00. The number of aromatic nitrogens is 2. The van der Waals surface area contributed by atoms with Gasteiger partial charge in [0.1, 0.15) is 12.2 Å². The molecule has 2 N–H and O–H groups in total. The van der Waals surface area contributed by atoms with Crippen LogP contribution in [0.2, 0.25) is 0 Å². The van der Waals surface area contributed by atoms with Crippen molar-refractivity contribution in [1.29, 1.82) is 5.26 Å². The first-order valence-electron chi connectivity index (χ1n) is 3.84. The van der Waals surface area contributed by atoms with Gasteiger partial charge >= 0.3 is 5.97 Å². The molecule has 0 atom stereocenters. The average Bonchev–Trinajstić information content (AvgIpc) is 2.48. The molecule has 0 spiro atoms. The van der Waals surface area contributed by atoms with Gasteiger partial charge < -0.3 is 10.1 Å². The summed E-state index contributed by atoms with van der Waals surface area (Å²) < 4.78 is 0. The predicted molar refractivity (Wildman–Crippen MR) is 43.9 cm³/mol. The Morgan fingerprint density at radius 1 is 1.77 bits per heavy atom. The van der Waals surface area contributed by atoms with Crippen LogP contribution in [0.1, 0.15) is 17.9 Å². The van der Waals surface area contributed by atoms with Gasteiger partial charge in [-0.15, -0.1) is 0 Å². The van der Waals surface area contributed by atoms with E-state index in [1.54, 1.807) is 6.20 Å². The van der Waals surface area contributed by atoms with Crippen LogP contribution < -0.4 is 0 Å². The second-order valence-electron chi connectivity index (χ2n) is 2.57. The molecule has 1 heterocycles. The van der Waals surface area contributed by atoms with Gasteiger partial charge in [0.15, 0.2) is 0 Å². The summed E-state index contributed by atoms with van der Waals surface area (Å²) in [4.78, 5) is 17.0. The molecule has 68 valence electrons. The largest absolute Gasteiger partial charge is 0.481 e. The van der Waals surface area contributed by atoms with Gasteiger partial charge in [-0.1, -0.05) is 0 Å². The number of hydrogen-bond acceptors (Lipinski definition) is 3. The zero-order valence-corrected chi connectivity index (χ0v) is 6.95. The molecule has 5 nitrogen and oxygen atoms in total. The van der Waals surface area contributed by atoms with Crippen molar-refractivity contribution in [3.63, 3.8) is 0 Å². The number of carboxylic acid groups (broad SMARTS) is 1. The minimum absolute atomic E-state index is 0.105. The lowest BCUT2D eigenvalue weighted by molar-refractivity contribution is -0.136. The van der Waals surface area contributed by atoms with Crippen molar-refractivity contribution < 1.29 is 9.90 Å². The number of H-pyrrole nitrogens is 1. The fraction of sp³-hybridized carbons (Fsp3) is 0.375. The van der Waals surface area contributed by atoms with E-state index in [0.717, 1.165) is 5.69 Å². The van der Waals surface area contributed by atoms with Gasteiger partial charge in [0, 0.05) is 19.0 Å². The Morgan fingerprint density at radius 2 is 2.54 bits per heavy atom. The van der Waals surface area contributed by atoms with E-state index < -0.39 is 5.97 Å². The van der Waals surface area contributed by atoms with Gasteiger partial charge in [0.05, 0.1) is 11.8 Å². The molecule has 13 heavy (non-hydrogen) atoms. The molecule has 0 fully saturated rings. The maximum absolute atomic E-state index is 10.3. The van der Waals surface area contributed by atoms with Gasteiger partial charge in [-0.05, 0) is 0 Å². The van der Waals surface area contributed by atoms with Gasteiger partial charge in [-0.3, -0.25) is 4.79 Å². The van der Waals surface area contributed by atoms with Crippen LogP contribution in [0.5, 0.6) is 0 Å². The lowest BCUT2D eigenvalue weighted by Crippen LogP contribution is -2.01. The Morgan fingerprint density at radius 3 is 3.15 bits per heavy atom. The van der Waals surface area contributed by atoms with Crippen molar-refractivity contribution in [2.45, 2.75) is 19.3 Å². The Hall–Kier alpha value is -1.83. The van der Waals surface area contributed by atoms with E-state index in [9.17, 15) is 4.79 Å². The van der Waals surface area contributed by atoms with E-state index in [2.05, 4.69) is 9.97 Å². The number of nitrogens with one attached hydrogen (secondary N) is 1. The van der Waals surface area contributed by atoms with E-state index in [1.165, 1.54) is 0 Å². The van der Waals surface area contributed by atoms with Crippen LogP contribution >= 0.6 is 0 Å². The van der Waals surface area contributed by atoms with E-state index in [-0.39, 0.29) is 6.42 Å². The maximum Gasteiger partial charge on any atom is 0.311 e. The number of carboxylic acids is 1. The molecular weight excluding hydrogens is 170 g/mol. The van der Waals surface area contributed by atoms with Gasteiger partial charge in [-0.2, -0.15) is 5.26 Å². The standard InChI is InChI=1S/C8H9N3O2/c9-3-1-2-6-5-10-7(11-6)4-8(12)13/h5H,1-2,4H2,(H,10,11)(H,12,13). The first kappa shape index (κ1) is 9.26. The third kappa shape index (κ3) is 2.95. The van der Waals surface area contributed by atoms with Gasteiger partial charge in [0.2, 0.25) is 0 Å². The van der Waals surface area contributed by atoms with E-state index >= 15 is 0 Å². The van der Waals surface area contributed by atoms with Crippen LogP contribution in [0.4, 0.5) is 0 Å². The summed E-state index contributed by atoms with van der Waals surface area (Å²) in [6.07, 6.45) is 2.49. The molecule has 0 aliphatic heterocycles. The highest BCUT2D eigenvalue weighted by molar-refractivity contribution is 5.68. The zero-order chi connectivity index (χ0) is 9.68. The fourth-order valence-electron chi connectivity index (χ4n) is 0.950. The van der Waals surface area contributed by atoms with Crippen LogP contribution in [0.15, 0.2) is 6.20 Å². The molecule has 0 saturated heterocycles. The summed E-state index contributed by atoms with van der Waals surface area (Å²) in [5, 5.41) is 16.7. The van der Waals surface area contributed by atoms with Crippen LogP contribution in [-0.2, 0) is 17.6 Å². The summed E-state index contributed by atoms with van der Waals surface area (Å²) >= 11 is 0. The summed E-state index contributed by atoms with van der Waals surface area (Å²) in [5.74, 6) is -0.485. The molecule has 1 aromatic heterocycles. The molecule has 0 radical (unpaired) electrons. The number of aryl methyl sites for hydroxylation is 1. The van der Waals surface area contributed by atoms with Crippen molar-refractivity contribution >= 4 is 5.97 Å². The Labute approximate surface area is 75.0 Å². The molecule has 0 saturated carbocycles. The molecule has 0 bridgehead atoms. The second kappa shape index (κ2) is 4.26. The van der Waals surface area contributed by atoms with E-state index in [1.807, 2.05) is 6.07 Å². The third-order valence-electron chi connectivity index (χ3n) is 1.50. The summed E-state index contributed by atoms with van der Waals surface area (Å²) in [7, 11) is 0. The minimum atomic E-state index is -0.916. The van der Waals surface area contributed by atoms with Crippen LogP contribution in [0.25, 0.3) is 0 Å². The number of rotatable bonds is 4. The molecule has 1 rings (SSSR count). The number of nitrogens with zero attached hydrogens (tertiary/aromatic N) is 2. The zero-order valence-electron chi connectivity index (χ0n) is 6.95. The lowest BCUT2D eigenvalue weighted by Gasteiger charge is -1.88. The monoisotopic (exact) mass is 179 g/mol. The SMILES string of the molecule is N#CCCc1c[nH]c(CC(=O)O)n1. The molecule has 1 aromatic rings. The Bertz CT molecular complexity index is 337.